The zero-order chi connectivity index (χ0) is 17.5. The van der Waals surface area contributed by atoms with Crippen molar-refractivity contribution in [2.75, 3.05) is 45.2 Å². The largest absolute Gasteiger partial charge is 0.481 e. The second-order valence-corrected chi connectivity index (χ2v) is 5.63. The molecule has 1 N–H and O–H groups in total. The summed E-state index contributed by atoms with van der Waals surface area (Å²) in [4.78, 5) is 21.7. The smallest absolute Gasteiger partial charge is 0.225 e. The van der Waals surface area contributed by atoms with Crippen LogP contribution in [-0.4, -0.2) is 66.1 Å². The first-order valence-corrected chi connectivity index (χ1v) is 8.26. The molecule has 0 bridgehead atoms. The Labute approximate surface area is 170 Å². The molecular formula is C17H24IN7O. The molecule has 3 heterocycles. The molecule has 1 aliphatic rings. The van der Waals surface area contributed by atoms with E-state index in [0.29, 0.717) is 12.4 Å². The first kappa shape index (κ1) is 20.1. The van der Waals surface area contributed by atoms with Gasteiger partial charge in [-0.15, -0.1) is 24.0 Å². The Hall–Kier alpha value is -2.17. The van der Waals surface area contributed by atoms with Gasteiger partial charge in [-0.1, -0.05) is 6.07 Å². The fraction of sp³-hybridized carbons (Fsp3) is 0.412. The lowest BCUT2D eigenvalue weighted by atomic mass is 10.3. The van der Waals surface area contributed by atoms with Gasteiger partial charge in [-0.25, -0.2) is 15.0 Å². The maximum absolute atomic E-state index is 5.08. The first-order chi connectivity index (χ1) is 12.3. The Balaban J connectivity index is 0.00000243. The summed E-state index contributed by atoms with van der Waals surface area (Å²) < 4.78 is 5.08. The van der Waals surface area contributed by atoms with E-state index in [2.05, 4.69) is 35.1 Å². The van der Waals surface area contributed by atoms with Gasteiger partial charge in [0.15, 0.2) is 5.96 Å². The first-order valence-electron chi connectivity index (χ1n) is 8.26. The minimum atomic E-state index is 0. The van der Waals surface area contributed by atoms with Crippen LogP contribution in [0.25, 0.3) is 0 Å². The van der Waals surface area contributed by atoms with E-state index in [0.717, 1.165) is 43.7 Å². The van der Waals surface area contributed by atoms with Crippen LogP contribution in [0.15, 0.2) is 41.8 Å². The van der Waals surface area contributed by atoms with Gasteiger partial charge in [-0.3, -0.25) is 4.99 Å². The molecule has 140 valence electrons. The van der Waals surface area contributed by atoms with E-state index in [9.17, 15) is 0 Å². The van der Waals surface area contributed by atoms with Crippen molar-refractivity contribution in [1.82, 2.24) is 25.2 Å². The molecule has 1 saturated heterocycles. The van der Waals surface area contributed by atoms with Crippen molar-refractivity contribution < 1.29 is 4.74 Å². The molecule has 0 atom stereocenters. The van der Waals surface area contributed by atoms with Crippen molar-refractivity contribution in [2.45, 2.75) is 6.54 Å². The molecule has 2 aromatic rings. The Morgan fingerprint density at radius 3 is 2.46 bits per heavy atom. The number of aromatic nitrogens is 3. The van der Waals surface area contributed by atoms with Gasteiger partial charge in [-0.05, 0) is 11.6 Å². The molecule has 9 heteroatoms. The number of guanidine groups is 1. The number of anilines is 1. The predicted molar refractivity (Wildman–Crippen MR) is 112 cm³/mol. The number of methoxy groups -OCH3 is 1. The Kier molecular flexibility index (Phi) is 7.82. The second kappa shape index (κ2) is 10.1. The summed E-state index contributed by atoms with van der Waals surface area (Å²) in [5, 5.41) is 3.39. The van der Waals surface area contributed by atoms with Crippen molar-refractivity contribution in [3.8, 4) is 5.88 Å². The van der Waals surface area contributed by atoms with E-state index < -0.39 is 0 Å². The molecule has 1 aliphatic heterocycles. The van der Waals surface area contributed by atoms with Gasteiger partial charge in [0.1, 0.15) is 0 Å². The molecule has 0 saturated carbocycles. The molecule has 8 nitrogen and oxygen atoms in total. The van der Waals surface area contributed by atoms with E-state index in [1.807, 2.05) is 24.4 Å². The van der Waals surface area contributed by atoms with Crippen LogP contribution < -0.4 is 15.0 Å². The lowest BCUT2D eigenvalue weighted by Crippen LogP contribution is -2.52. The Morgan fingerprint density at radius 1 is 1.15 bits per heavy atom. The monoisotopic (exact) mass is 469 g/mol. The van der Waals surface area contributed by atoms with E-state index in [1.54, 1.807) is 26.6 Å². The topological polar surface area (TPSA) is 78.8 Å². The van der Waals surface area contributed by atoms with E-state index in [4.69, 9.17) is 4.74 Å². The number of pyridine rings is 1. The van der Waals surface area contributed by atoms with Crippen LogP contribution in [0.5, 0.6) is 5.88 Å². The van der Waals surface area contributed by atoms with Gasteiger partial charge in [0.05, 0.1) is 7.11 Å². The number of rotatable bonds is 4. The summed E-state index contributed by atoms with van der Waals surface area (Å²) in [6.07, 6.45) is 5.36. The minimum Gasteiger partial charge on any atom is -0.481 e. The fourth-order valence-corrected chi connectivity index (χ4v) is 2.72. The Bertz CT molecular complexity index is 688. The lowest BCUT2D eigenvalue weighted by Gasteiger charge is -2.36. The molecule has 0 unspecified atom stereocenters. The third-order valence-corrected chi connectivity index (χ3v) is 4.08. The summed E-state index contributed by atoms with van der Waals surface area (Å²) >= 11 is 0. The third-order valence-electron chi connectivity index (χ3n) is 4.08. The van der Waals surface area contributed by atoms with Crippen molar-refractivity contribution in [3.63, 3.8) is 0 Å². The zero-order valence-corrected chi connectivity index (χ0v) is 17.3. The van der Waals surface area contributed by atoms with Gasteiger partial charge < -0.3 is 19.9 Å². The summed E-state index contributed by atoms with van der Waals surface area (Å²) in [5.74, 6) is 2.30. The molecule has 2 aromatic heterocycles. The molecule has 1 fully saturated rings. The van der Waals surface area contributed by atoms with Crippen molar-refractivity contribution >= 4 is 35.9 Å². The Morgan fingerprint density at radius 2 is 1.88 bits per heavy atom. The van der Waals surface area contributed by atoms with Crippen LogP contribution in [0.2, 0.25) is 0 Å². The molecule has 0 spiro atoms. The van der Waals surface area contributed by atoms with Crippen LogP contribution in [0.1, 0.15) is 5.56 Å². The minimum absolute atomic E-state index is 0. The van der Waals surface area contributed by atoms with Crippen LogP contribution in [0.3, 0.4) is 0 Å². The number of halogens is 1. The molecule has 0 radical (unpaired) electrons. The lowest BCUT2D eigenvalue weighted by molar-refractivity contribution is 0.370. The molecule has 26 heavy (non-hydrogen) atoms. The highest BCUT2D eigenvalue weighted by Crippen LogP contribution is 2.10. The van der Waals surface area contributed by atoms with E-state index in [1.165, 1.54) is 0 Å². The number of hydrogen-bond acceptors (Lipinski definition) is 6. The van der Waals surface area contributed by atoms with Gasteiger partial charge in [0.2, 0.25) is 11.8 Å². The SMILES string of the molecule is CN=C(NCc1ccc(OC)nc1)N1CCN(c2ncccn2)CC1.I. The molecule has 0 aromatic carbocycles. The van der Waals surface area contributed by atoms with Gasteiger partial charge in [-0.2, -0.15) is 0 Å². The predicted octanol–water partition coefficient (Wildman–Crippen LogP) is 1.40. The molecule has 0 aliphatic carbocycles. The number of ether oxygens (including phenoxy) is 1. The zero-order valence-electron chi connectivity index (χ0n) is 15.0. The summed E-state index contributed by atoms with van der Waals surface area (Å²) in [6, 6.07) is 5.69. The van der Waals surface area contributed by atoms with Crippen LogP contribution in [-0.2, 0) is 6.54 Å². The summed E-state index contributed by atoms with van der Waals surface area (Å²) in [5.41, 5.74) is 1.08. The maximum atomic E-state index is 5.08. The average molecular weight is 469 g/mol. The van der Waals surface area contributed by atoms with Gasteiger partial charge in [0.25, 0.3) is 0 Å². The van der Waals surface area contributed by atoms with Crippen LogP contribution in [0, 0.1) is 0 Å². The quantitative estimate of drug-likeness (QED) is 0.412. The molecular weight excluding hydrogens is 445 g/mol. The fourth-order valence-electron chi connectivity index (χ4n) is 2.72. The average Bonchev–Trinajstić information content (AvgIpc) is 2.70. The van der Waals surface area contributed by atoms with Crippen LogP contribution in [0.4, 0.5) is 5.95 Å². The molecule has 0 amide bonds. The highest BCUT2D eigenvalue weighted by Gasteiger charge is 2.20. The highest BCUT2D eigenvalue weighted by atomic mass is 127. The molecule has 3 rings (SSSR count). The number of nitrogens with zero attached hydrogens (tertiary/aromatic N) is 6. The van der Waals surface area contributed by atoms with Crippen molar-refractivity contribution in [1.29, 1.82) is 0 Å². The van der Waals surface area contributed by atoms with E-state index in [-0.39, 0.29) is 24.0 Å². The van der Waals surface area contributed by atoms with E-state index >= 15 is 0 Å². The normalized spacial score (nSPS) is 14.6. The van der Waals surface area contributed by atoms with Gasteiger partial charge >= 0.3 is 0 Å². The maximum Gasteiger partial charge on any atom is 0.225 e. The number of hydrogen-bond donors (Lipinski definition) is 1. The number of piperazine rings is 1. The standard InChI is InChI=1S/C17H23N7O.HI/c1-18-16(22-13-14-4-5-15(25-2)21-12-14)23-8-10-24(11-9-23)17-19-6-3-7-20-17;/h3-7,12H,8-11,13H2,1-2H3,(H,18,22);1H. The summed E-state index contributed by atoms with van der Waals surface area (Å²) in [7, 11) is 3.42. The van der Waals surface area contributed by atoms with Crippen molar-refractivity contribution in [3.05, 3.63) is 42.4 Å². The second-order valence-electron chi connectivity index (χ2n) is 5.63. The number of nitrogens with one attached hydrogen (secondary N) is 1. The van der Waals surface area contributed by atoms with Crippen molar-refractivity contribution in [2.24, 2.45) is 4.99 Å². The van der Waals surface area contributed by atoms with Gasteiger partial charge in [0, 0.05) is 64.4 Å². The van der Waals surface area contributed by atoms with Crippen LogP contribution >= 0.6 is 24.0 Å². The highest BCUT2D eigenvalue weighted by molar-refractivity contribution is 14.0. The number of aliphatic imine (C=N–C) groups is 1. The summed E-state index contributed by atoms with van der Waals surface area (Å²) in [6.45, 7) is 4.16. The third kappa shape index (κ3) is 5.16.